The van der Waals surface area contributed by atoms with Crippen LogP contribution in [0.1, 0.15) is 17.5 Å². The lowest BCUT2D eigenvalue weighted by atomic mass is 10.2. The van der Waals surface area contributed by atoms with E-state index < -0.39 is 0 Å². The molecule has 0 bridgehead atoms. The monoisotopic (exact) mass is 329 g/mol. The lowest BCUT2D eigenvalue weighted by molar-refractivity contribution is -0.131. The summed E-state index contributed by atoms with van der Waals surface area (Å²) in [5.74, 6) is -0.275. The maximum absolute atomic E-state index is 11.9. The highest BCUT2D eigenvalue weighted by Crippen LogP contribution is 2.13. The van der Waals surface area contributed by atoms with Crippen LogP contribution >= 0.6 is 15.9 Å². The molecule has 2 amide bonds. The molecule has 0 aromatic carbocycles. The van der Waals surface area contributed by atoms with Crippen molar-refractivity contribution in [3.8, 4) is 0 Å². The molecular formula is C12H16BrN3O3. The predicted octanol–water partition coefficient (Wildman–Crippen LogP) is 0.592. The molecule has 2 heterocycles. The average Bonchev–Trinajstić information content (AvgIpc) is 2.82. The zero-order chi connectivity index (χ0) is 13.8. The number of furan rings is 1. The molecule has 1 aromatic heterocycles. The molecule has 7 heteroatoms. The molecule has 1 atom stereocenters. The van der Waals surface area contributed by atoms with Crippen LogP contribution in [0.2, 0.25) is 0 Å². The van der Waals surface area contributed by atoms with Gasteiger partial charge in [-0.1, -0.05) is 0 Å². The van der Waals surface area contributed by atoms with Crippen molar-refractivity contribution in [3.05, 3.63) is 22.6 Å². The van der Waals surface area contributed by atoms with Crippen molar-refractivity contribution in [1.29, 1.82) is 0 Å². The van der Waals surface area contributed by atoms with Crippen LogP contribution in [0.5, 0.6) is 0 Å². The summed E-state index contributed by atoms with van der Waals surface area (Å²) in [6.07, 6.45) is 0. The van der Waals surface area contributed by atoms with Crippen molar-refractivity contribution in [2.75, 3.05) is 26.2 Å². The van der Waals surface area contributed by atoms with Gasteiger partial charge >= 0.3 is 0 Å². The standard InChI is InChI=1S/C12H16BrN3O3/c1-8-7-16(5-4-14-8)11(17)6-15-12(18)9-2-3-10(13)19-9/h2-3,8,14H,4-7H2,1H3,(H,15,18)/t8-/m1/s1. The predicted molar refractivity (Wildman–Crippen MR) is 72.8 cm³/mol. The molecule has 19 heavy (non-hydrogen) atoms. The largest absolute Gasteiger partial charge is 0.444 e. The van der Waals surface area contributed by atoms with E-state index >= 15 is 0 Å². The minimum atomic E-state index is -0.387. The molecule has 0 aliphatic carbocycles. The Labute approximate surface area is 119 Å². The number of carbonyl (C=O) groups excluding carboxylic acids is 2. The number of rotatable bonds is 3. The molecule has 1 aliphatic heterocycles. The van der Waals surface area contributed by atoms with Crippen LogP contribution in [-0.4, -0.2) is 48.9 Å². The van der Waals surface area contributed by atoms with E-state index in [-0.39, 0.29) is 30.2 Å². The van der Waals surface area contributed by atoms with E-state index in [1.54, 1.807) is 17.0 Å². The smallest absolute Gasteiger partial charge is 0.287 e. The van der Waals surface area contributed by atoms with E-state index in [4.69, 9.17) is 4.42 Å². The van der Waals surface area contributed by atoms with Gasteiger partial charge in [-0.2, -0.15) is 0 Å². The number of hydrogen-bond donors (Lipinski definition) is 2. The summed E-state index contributed by atoms with van der Waals surface area (Å²) >= 11 is 3.12. The first-order chi connectivity index (χ1) is 9.06. The molecule has 1 fully saturated rings. The Morgan fingerprint density at radius 2 is 2.37 bits per heavy atom. The first kappa shape index (κ1) is 14.1. The fourth-order valence-corrected chi connectivity index (χ4v) is 2.26. The van der Waals surface area contributed by atoms with Gasteiger partial charge in [0.15, 0.2) is 10.4 Å². The van der Waals surface area contributed by atoms with E-state index in [1.165, 1.54) is 0 Å². The van der Waals surface area contributed by atoms with Crippen molar-refractivity contribution in [2.24, 2.45) is 0 Å². The van der Waals surface area contributed by atoms with E-state index in [2.05, 4.69) is 26.6 Å². The molecule has 1 aromatic rings. The van der Waals surface area contributed by atoms with Crippen LogP contribution in [0.3, 0.4) is 0 Å². The first-order valence-electron chi connectivity index (χ1n) is 6.11. The Bertz CT molecular complexity index is 475. The number of halogens is 1. The summed E-state index contributed by atoms with van der Waals surface area (Å²) in [5, 5.41) is 5.82. The van der Waals surface area contributed by atoms with Crippen molar-refractivity contribution >= 4 is 27.7 Å². The van der Waals surface area contributed by atoms with Gasteiger partial charge in [0, 0.05) is 25.7 Å². The molecule has 2 N–H and O–H groups in total. The molecule has 0 spiro atoms. The molecule has 1 saturated heterocycles. The third-order valence-corrected chi connectivity index (χ3v) is 3.34. The summed E-state index contributed by atoms with van der Waals surface area (Å²) in [4.78, 5) is 25.4. The van der Waals surface area contributed by atoms with Crippen LogP contribution in [0.25, 0.3) is 0 Å². The number of nitrogens with one attached hydrogen (secondary N) is 2. The van der Waals surface area contributed by atoms with E-state index in [9.17, 15) is 9.59 Å². The second-order valence-corrected chi connectivity index (χ2v) is 5.26. The normalized spacial score (nSPS) is 19.3. The van der Waals surface area contributed by atoms with E-state index in [0.29, 0.717) is 17.8 Å². The maximum Gasteiger partial charge on any atom is 0.287 e. The molecule has 0 saturated carbocycles. The summed E-state index contributed by atoms with van der Waals surface area (Å²) in [5.41, 5.74) is 0. The average molecular weight is 330 g/mol. The Morgan fingerprint density at radius 3 is 3.00 bits per heavy atom. The third-order valence-electron chi connectivity index (χ3n) is 2.92. The lowest BCUT2D eigenvalue weighted by Crippen LogP contribution is -2.53. The van der Waals surface area contributed by atoms with Gasteiger partial charge in [-0.05, 0) is 35.0 Å². The molecular weight excluding hydrogens is 314 g/mol. The van der Waals surface area contributed by atoms with Gasteiger partial charge in [0.25, 0.3) is 5.91 Å². The van der Waals surface area contributed by atoms with Gasteiger partial charge in [0.2, 0.25) is 5.91 Å². The van der Waals surface area contributed by atoms with Gasteiger partial charge in [0.1, 0.15) is 0 Å². The van der Waals surface area contributed by atoms with Crippen LogP contribution in [0.4, 0.5) is 0 Å². The van der Waals surface area contributed by atoms with Crippen LogP contribution in [0, 0.1) is 0 Å². The quantitative estimate of drug-likeness (QED) is 0.851. The maximum atomic E-state index is 11.9. The molecule has 0 radical (unpaired) electrons. The van der Waals surface area contributed by atoms with Crippen molar-refractivity contribution in [2.45, 2.75) is 13.0 Å². The number of nitrogens with zero attached hydrogens (tertiary/aromatic N) is 1. The molecule has 6 nitrogen and oxygen atoms in total. The molecule has 1 aliphatic rings. The topological polar surface area (TPSA) is 74.6 Å². The Balaban J connectivity index is 1.81. The molecule has 2 rings (SSSR count). The van der Waals surface area contributed by atoms with Gasteiger partial charge in [-0.25, -0.2) is 0 Å². The minimum Gasteiger partial charge on any atom is -0.444 e. The van der Waals surface area contributed by atoms with Gasteiger partial charge in [0.05, 0.1) is 6.54 Å². The minimum absolute atomic E-state index is 0.0100. The summed E-state index contributed by atoms with van der Waals surface area (Å²) < 4.78 is 5.60. The molecule has 0 unspecified atom stereocenters. The number of amides is 2. The fourth-order valence-electron chi connectivity index (χ4n) is 1.95. The summed E-state index contributed by atoms with van der Waals surface area (Å²) in [6, 6.07) is 3.47. The number of carbonyl (C=O) groups is 2. The number of piperazine rings is 1. The van der Waals surface area contributed by atoms with E-state index in [1.807, 2.05) is 6.92 Å². The Kier molecular flexibility index (Phi) is 4.60. The SMILES string of the molecule is C[C@@H]1CN(C(=O)CNC(=O)c2ccc(Br)o2)CCN1. The summed E-state index contributed by atoms with van der Waals surface area (Å²) in [6.45, 7) is 4.14. The third kappa shape index (κ3) is 3.81. The van der Waals surface area contributed by atoms with Crippen molar-refractivity contribution in [1.82, 2.24) is 15.5 Å². The molecule has 104 valence electrons. The first-order valence-corrected chi connectivity index (χ1v) is 6.90. The van der Waals surface area contributed by atoms with Crippen LogP contribution < -0.4 is 10.6 Å². The second kappa shape index (κ2) is 6.21. The zero-order valence-electron chi connectivity index (χ0n) is 10.6. The number of hydrogen-bond acceptors (Lipinski definition) is 4. The van der Waals surface area contributed by atoms with Gasteiger partial charge in [-0.15, -0.1) is 0 Å². The van der Waals surface area contributed by atoms with Crippen LogP contribution in [0.15, 0.2) is 21.2 Å². The van der Waals surface area contributed by atoms with Crippen LogP contribution in [-0.2, 0) is 4.79 Å². The second-order valence-electron chi connectivity index (χ2n) is 4.48. The van der Waals surface area contributed by atoms with Crippen molar-refractivity contribution < 1.29 is 14.0 Å². The summed E-state index contributed by atoms with van der Waals surface area (Å²) in [7, 11) is 0. The van der Waals surface area contributed by atoms with Crippen molar-refractivity contribution in [3.63, 3.8) is 0 Å². The highest BCUT2D eigenvalue weighted by molar-refractivity contribution is 9.10. The van der Waals surface area contributed by atoms with Gasteiger partial charge < -0.3 is 20.0 Å². The van der Waals surface area contributed by atoms with E-state index in [0.717, 1.165) is 6.54 Å². The van der Waals surface area contributed by atoms with Gasteiger partial charge in [-0.3, -0.25) is 9.59 Å². The Morgan fingerprint density at radius 1 is 1.58 bits per heavy atom. The lowest BCUT2D eigenvalue weighted by Gasteiger charge is -2.31. The highest BCUT2D eigenvalue weighted by Gasteiger charge is 2.21. The zero-order valence-corrected chi connectivity index (χ0v) is 12.2. The Hall–Kier alpha value is -1.34. The highest BCUT2D eigenvalue weighted by atomic mass is 79.9. The fraction of sp³-hybridized carbons (Fsp3) is 0.500.